The highest BCUT2D eigenvalue weighted by atomic mass is 31.2. The van der Waals surface area contributed by atoms with Crippen molar-refractivity contribution in [3.05, 3.63) is 12.2 Å². The number of nitrogens with one attached hydrogen (secondary N) is 1. The highest BCUT2D eigenvalue weighted by molar-refractivity contribution is 7.47. The van der Waals surface area contributed by atoms with Crippen LogP contribution in [0.2, 0.25) is 0 Å². The lowest BCUT2D eigenvalue weighted by Gasteiger charge is -2.25. The predicted octanol–water partition coefficient (Wildman–Crippen LogP) is 10.8. The summed E-state index contributed by atoms with van der Waals surface area (Å²) < 4.78 is 23.4. The summed E-state index contributed by atoms with van der Waals surface area (Å²) in [5.74, 6) is -0.177. The molecule has 1 unspecified atom stereocenters. The van der Waals surface area contributed by atoms with Crippen molar-refractivity contribution in [3.8, 4) is 0 Å². The highest BCUT2D eigenvalue weighted by Crippen LogP contribution is 2.43. The molecule has 0 aliphatic rings. The third kappa shape index (κ3) is 35.4. The number of quaternary nitrogens is 1. The van der Waals surface area contributed by atoms with Gasteiger partial charge in [-0.2, -0.15) is 0 Å². The lowest BCUT2D eigenvalue weighted by Crippen LogP contribution is -2.45. The summed E-state index contributed by atoms with van der Waals surface area (Å²) in [5.41, 5.74) is 0. The maximum Gasteiger partial charge on any atom is 0.472 e. The van der Waals surface area contributed by atoms with Gasteiger partial charge in [-0.3, -0.25) is 13.8 Å². The number of amides is 1. The fourth-order valence-electron chi connectivity index (χ4n) is 5.92. The minimum atomic E-state index is -4.32. The van der Waals surface area contributed by atoms with E-state index in [2.05, 4.69) is 19.2 Å². The maximum atomic E-state index is 12.8. The largest absolute Gasteiger partial charge is 0.472 e. The van der Waals surface area contributed by atoms with Gasteiger partial charge >= 0.3 is 7.82 Å². The SMILES string of the molecule is CCCCCCCCC/C=C/[C@@H](O)[C@H](COP(=O)(O)OCC[N+](C)(C)C)NC(=O)CCCCCCCCCCCCCCCCCCCC. The molecule has 0 aromatic rings. The average Bonchev–Trinajstić information content (AvgIpc) is 3.04. The van der Waals surface area contributed by atoms with Gasteiger partial charge < -0.3 is 19.8 Å². The lowest BCUT2D eigenvalue weighted by atomic mass is 10.0. The molecule has 0 aliphatic heterocycles. The Bertz CT molecular complexity index is 819. The number of phosphoric ester groups is 1. The number of carbonyl (C=O) groups is 1. The molecule has 0 rings (SSSR count). The number of hydrogen-bond donors (Lipinski definition) is 3. The molecule has 0 aromatic carbocycles. The molecule has 0 fully saturated rings. The molecule has 0 saturated heterocycles. The fraction of sp³-hybridized carbons (Fsp3) is 0.925. The summed E-state index contributed by atoms with van der Waals surface area (Å²) in [5, 5.41) is 13.7. The molecule has 8 nitrogen and oxygen atoms in total. The standard InChI is InChI=1S/C40H81N2O6P/c1-6-8-10-12-14-16-17-18-19-20-21-22-23-24-26-28-30-32-34-40(44)41-38(37-48-49(45,46)47-36-35-42(3,4)5)39(43)33-31-29-27-25-15-13-11-9-7-2/h31,33,38-39,43H,6-30,32,34-37H2,1-5H3,(H-,41,44,45,46)/p+1/b33-31+/t38-,39+/m0/s1. The highest BCUT2D eigenvalue weighted by Gasteiger charge is 2.27. The third-order valence-corrected chi connectivity index (χ3v) is 10.2. The molecule has 0 aliphatic carbocycles. The molecular formula is C40H82N2O6P+. The van der Waals surface area contributed by atoms with E-state index in [9.17, 15) is 19.4 Å². The molecular weight excluding hydrogens is 635 g/mol. The van der Waals surface area contributed by atoms with Crippen molar-refractivity contribution >= 4 is 13.7 Å². The summed E-state index contributed by atoms with van der Waals surface area (Å²) in [6, 6.07) is -0.837. The molecule has 9 heteroatoms. The van der Waals surface area contributed by atoms with Gasteiger partial charge in [0.1, 0.15) is 13.2 Å². The van der Waals surface area contributed by atoms with Crippen LogP contribution in [-0.2, 0) is 18.4 Å². The second-order valence-corrected chi connectivity index (χ2v) is 16.8. The van der Waals surface area contributed by atoms with Gasteiger partial charge in [0.25, 0.3) is 0 Å². The molecule has 292 valence electrons. The van der Waals surface area contributed by atoms with Crippen molar-refractivity contribution in [2.75, 3.05) is 40.9 Å². The number of hydrogen-bond acceptors (Lipinski definition) is 5. The average molecular weight is 718 g/mol. The summed E-state index contributed by atoms with van der Waals surface area (Å²) >= 11 is 0. The number of allylic oxidation sites excluding steroid dienone is 1. The Hall–Kier alpha value is -0.760. The van der Waals surface area contributed by atoms with E-state index in [4.69, 9.17) is 9.05 Å². The normalized spacial score (nSPS) is 14.7. The summed E-state index contributed by atoms with van der Waals surface area (Å²) in [4.78, 5) is 23.0. The van der Waals surface area contributed by atoms with E-state index in [-0.39, 0.29) is 19.1 Å². The Balaban J connectivity index is 4.33. The first-order valence-electron chi connectivity index (χ1n) is 20.6. The van der Waals surface area contributed by atoms with Crippen molar-refractivity contribution in [1.82, 2.24) is 5.32 Å². The van der Waals surface area contributed by atoms with Crippen molar-refractivity contribution in [2.45, 2.75) is 199 Å². The van der Waals surface area contributed by atoms with Crippen LogP contribution in [0.25, 0.3) is 0 Å². The zero-order chi connectivity index (χ0) is 36.5. The first-order valence-corrected chi connectivity index (χ1v) is 22.1. The molecule has 0 aromatic heterocycles. The Morgan fingerprint density at radius 2 is 1.08 bits per heavy atom. The van der Waals surface area contributed by atoms with E-state index in [0.29, 0.717) is 17.4 Å². The van der Waals surface area contributed by atoms with Crippen LogP contribution in [0.5, 0.6) is 0 Å². The molecule has 0 heterocycles. The minimum absolute atomic E-state index is 0.0640. The van der Waals surface area contributed by atoms with E-state index in [1.165, 1.54) is 128 Å². The second kappa shape index (κ2) is 33.1. The number of unbranched alkanes of at least 4 members (excludes halogenated alkanes) is 24. The fourth-order valence-corrected chi connectivity index (χ4v) is 6.66. The van der Waals surface area contributed by atoms with Crippen LogP contribution in [0, 0.1) is 0 Å². The van der Waals surface area contributed by atoms with Gasteiger partial charge in [0.05, 0.1) is 39.9 Å². The van der Waals surface area contributed by atoms with Gasteiger partial charge in [0.2, 0.25) is 5.91 Å². The van der Waals surface area contributed by atoms with E-state index >= 15 is 0 Å². The number of nitrogens with zero attached hydrogens (tertiary/aromatic N) is 1. The number of likely N-dealkylation sites (N-methyl/N-ethyl adjacent to an activating group) is 1. The number of aliphatic hydroxyl groups excluding tert-OH is 1. The number of carbonyl (C=O) groups excluding carboxylic acids is 1. The predicted molar refractivity (Wildman–Crippen MR) is 208 cm³/mol. The van der Waals surface area contributed by atoms with Gasteiger partial charge in [0.15, 0.2) is 0 Å². The van der Waals surface area contributed by atoms with E-state index < -0.39 is 20.0 Å². The molecule has 0 radical (unpaired) electrons. The lowest BCUT2D eigenvalue weighted by molar-refractivity contribution is -0.870. The Morgan fingerprint density at radius 3 is 1.51 bits per heavy atom. The van der Waals surface area contributed by atoms with Crippen molar-refractivity contribution in [1.29, 1.82) is 0 Å². The summed E-state index contributed by atoms with van der Waals surface area (Å²) in [7, 11) is 1.58. The summed E-state index contributed by atoms with van der Waals surface area (Å²) in [6.45, 7) is 4.79. The van der Waals surface area contributed by atoms with Crippen molar-refractivity contribution < 1.29 is 32.9 Å². The van der Waals surface area contributed by atoms with Crippen LogP contribution in [0.1, 0.15) is 187 Å². The zero-order valence-corrected chi connectivity index (χ0v) is 33.8. The smallest absolute Gasteiger partial charge is 0.387 e. The molecule has 3 atom stereocenters. The first-order chi connectivity index (χ1) is 23.5. The Morgan fingerprint density at radius 1 is 0.673 bits per heavy atom. The van der Waals surface area contributed by atoms with Crippen LogP contribution in [-0.4, -0.2) is 73.4 Å². The van der Waals surface area contributed by atoms with Gasteiger partial charge in [0, 0.05) is 6.42 Å². The Kier molecular flexibility index (Phi) is 32.6. The molecule has 0 saturated carbocycles. The maximum absolute atomic E-state index is 12.8. The zero-order valence-electron chi connectivity index (χ0n) is 32.9. The molecule has 0 spiro atoms. The molecule has 1 amide bonds. The quantitative estimate of drug-likeness (QED) is 0.0256. The first kappa shape index (κ1) is 48.2. The van der Waals surface area contributed by atoms with Gasteiger partial charge in [-0.15, -0.1) is 0 Å². The van der Waals surface area contributed by atoms with E-state index in [1.54, 1.807) is 6.08 Å². The number of aliphatic hydroxyl groups is 1. The number of phosphoric acid groups is 1. The number of rotatable bonds is 37. The minimum Gasteiger partial charge on any atom is -0.387 e. The van der Waals surface area contributed by atoms with Gasteiger partial charge in [-0.05, 0) is 19.3 Å². The molecule has 0 bridgehead atoms. The topological polar surface area (TPSA) is 105 Å². The van der Waals surface area contributed by atoms with Crippen molar-refractivity contribution in [2.24, 2.45) is 0 Å². The van der Waals surface area contributed by atoms with Crippen LogP contribution >= 0.6 is 7.82 Å². The van der Waals surface area contributed by atoms with Crippen LogP contribution < -0.4 is 5.32 Å². The van der Waals surface area contributed by atoms with Crippen LogP contribution in [0.15, 0.2) is 12.2 Å². The van der Waals surface area contributed by atoms with Gasteiger partial charge in [-0.1, -0.05) is 174 Å². The molecule has 49 heavy (non-hydrogen) atoms. The van der Waals surface area contributed by atoms with Gasteiger partial charge in [-0.25, -0.2) is 4.57 Å². The summed E-state index contributed by atoms with van der Waals surface area (Å²) in [6.07, 6.45) is 35.7. The van der Waals surface area contributed by atoms with Crippen LogP contribution in [0.3, 0.4) is 0 Å². The van der Waals surface area contributed by atoms with E-state index in [0.717, 1.165) is 38.5 Å². The van der Waals surface area contributed by atoms with E-state index in [1.807, 2.05) is 27.2 Å². The monoisotopic (exact) mass is 718 g/mol. The third-order valence-electron chi connectivity index (χ3n) is 9.26. The van der Waals surface area contributed by atoms with Crippen molar-refractivity contribution in [3.63, 3.8) is 0 Å². The second-order valence-electron chi connectivity index (χ2n) is 15.4. The molecule has 3 N–H and O–H groups in total. The Labute approximate surface area is 303 Å². The van der Waals surface area contributed by atoms with Crippen LogP contribution in [0.4, 0.5) is 0 Å².